The summed E-state index contributed by atoms with van der Waals surface area (Å²) in [4.78, 5) is 12.1. The Morgan fingerprint density at radius 2 is 2.30 bits per heavy atom. The number of nitrogens with two attached hydrogens (primary N) is 1. The van der Waals surface area contributed by atoms with Gasteiger partial charge in [0, 0.05) is 5.38 Å². The maximum atomic E-state index is 12.1. The van der Waals surface area contributed by atoms with Gasteiger partial charge in [-0.25, -0.2) is 9.36 Å². The van der Waals surface area contributed by atoms with Crippen molar-refractivity contribution in [2.45, 2.75) is 52.7 Å². The highest BCUT2D eigenvalue weighted by Crippen LogP contribution is 2.35. The molecule has 0 aliphatic heterocycles. The number of thiazole rings is 1. The Kier molecular flexibility index (Phi) is 5.02. The Hall–Kier alpha value is -1.10. The summed E-state index contributed by atoms with van der Waals surface area (Å²) in [6.07, 6.45) is 5.27. The molecule has 20 heavy (non-hydrogen) atoms. The topological polar surface area (TPSA) is 56.2 Å². The Morgan fingerprint density at radius 3 is 2.90 bits per heavy atom. The van der Waals surface area contributed by atoms with Gasteiger partial charge in [0.1, 0.15) is 12.3 Å². The lowest BCUT2D eigenvalue weighted by atomic mass is 9.75. The lowest BCUT2D eigenvalue weighted by Gasteiger charge is -2.36. The molecule has 0 saturated heterocycles. The van der Waals surface area contributed by atoms with Gasteiger partial charge in [0.25, 0.3) is 0 Å². The second-order valence-electron chi connectivity index (χ2n) is 6.22. The van der Waals surface area contributed by atoms with Crippen LogP contribution in [0.1, 0.15) is 40.0 Å². The van der Waals surface area contributed by atoms with Gasteiger partial charge in [-0.1, -0.05) is 38.5 Å². The average Bonchev–Trinajstić information content (AvgIpc) is 2.74. The Bertz CT molecular complexity index is 458. The second-order valence-corrected chi connectivity index (χ2v) is 7.15. The van der Waals surface area contributed by atoms with E-state index in [0.717, 1.165) is 12.8 Å². The summed E-state index contributed by atoms with van der Waals surface area (Å²) >= 11 is 1.43. The smallest absolute Gasteiger partial charge is 0.348 e. The van der Waals surface area contributed by atoms with Crippen molar-refractivity contribution in [1.82, 2.24) is 0 Å². The summed E-state index contributed by atoms with van der Waals surface area (Å²) in [7, 11) is 0. The van der Waals surface area contributed by atoms with E-state index in [0.29, 0.717) is 22.9 Å². The van der Waals surface area contributed by atoms with Gasteiger partial charge in [0.2, 0.25) is 0 Å². The third-order valence-corrected chi connectivity index (χ3v) is 4.99. The minimum atomic E-state index is -0.176. The Balaban J connectivity index is 1.95. The van der Waals surface area contributed by atoms with Crippen LogP contribution in [0.5, 0.6) is 0 Å². The molecule has 1 heterocycles. The van der Waals surface area contributed by atoms with Crippen LogP contribution in [0.15, 0.2) is 11.6 Å². The highest BCUT2D eigenvalue weighted by Gasteiger charge is 2.33. The number of carbonyl (C=O) groups is 1. The zero-order valence-corrected chi connectivity index (χ0v) is 13.4. The normalized spacial score (nSPS) is 26.7. The first-order chi connectivity index (χ1) is 9.47. The molecule has 0 bridgehead atoms. The number of anilines is 1. The lowest BCUT2D eigenvalue weighted by Crippen LogP contribution is -2.42. The van der Waals surface area contributed by atoms with Crippen LogP contribution >= 0.6 is 11.3 Å². The molecule has 0 spiro atoms. The van der Waals surface area contributed by atoms with Crippen LogP contribution in [0.2, 0.25) is 0 Å². The standard InChI is InChI=1S/C15H24N2O2S/c1-10(2)12-5-4-11(3)8-13(12)19-14(18)9-17-6-7-20-15(17)16/h6-7,10-13,16H,4-5,8-9H2,1-3H3/p+1/t11-,12+,13-/m1/s1. The number of carbonyl (C=O) groups excluding carboxylic acids is 1. The van der Waals surface area contributed by atoms with E-state index in [4.69, 9.17) is 10.5 Å². The lowest BCUT2D eigenvalue weighted by molar-refractivity contribution is -0.667. The zero-order chi connectivity index (χ0) is 14.7. The van der Waals surface area contributed by atoms with Crippen molar-refractivity contribution < 1.29 is 14.1 Å². The molecule has 1 aliphatic rings. The van der Waals surface area contributed by atoms with E-state index in [2.05, 4.69) is 20.8 Å². The van der Waals surface area contributed by atoms with E-state index in [1.807, 2.05) is 11.6 Å². The monoisotopic (exact) mass is 297 g/mol. The van der Waals surface area contributed by atoms with E-state index in [9.17, 15) is 4.79 Å². The summed E-state index contributed by atoms with van der Waals surface area (Å²) in [5.41, 5.74) is 5.79. The molecule has 112 valence electrons. The number of nitrogen functional groups attached to an aromatic ring is 1. The van der Waals surface area contributed by atoms with Gasteiger partial charge in [0.15, 0.2) is 6.54 Å². The summed E-state index contributed by atoms with van der Waals surface area (Å²) in [5, 5.41) is 2.52. The molecule has 3 atom stereocenters. The van der Waals surface area contributed by atoms with Crippen molar-refractivity contribution in [3.8, 4) is 0 Å². The third-order valence-electron chi connectivity index (χ3n) is 4.26. The minimum Gasteiger partial charge on any atom is -0.459 e. The zero-order valence-electron chi connectivity index (χ0n) is 12.5. The number of nitrogens with zero attached hydrogens (tertiary/aromatic N) is 1. The summed E-state index contributed by atoms with van der Waals surface area (Å²) < 4.78 is 7.49. The molecular formula is C15H25N2O2S+. The number of aromatic nitrogens is 1. The molecule has 0 aromatic carbocycles. The molecule has 1 aromatic heterocycles. The highest BCUT2D eigenvalue weighted by atomic mass is 32.1. The van der Waals surface area contributed by atoms with E-state index in [1.165, 1.54) is 17.8 Å². The number of hydrogen-bond donors (Lipinski definition) is 1. The predicted molar refractivity (Wildman–Crippen MR) is 80.1 cm³/mol. The van der Waals surface area contributed by atoms with Crippen molar-refractivity contribution in [2.75, 3.05) is 5.73 Å². The molecule has 1 saturated carbocycles. The molecular weight excluding hydrogens is 272 g/mol. The van der Waals surface area contributed by atoms with Gasteiger partial charge in [-0.3, -0.25) is 5.73 Å². The van der Waals surface area contributed by atoms with Crippen molar-refractivity contribution in [3.05, 3.63) is 11.6 Å². The van der Waals surface area contributed by atoms with Crippen molar-refractivity contribution in [2.24, 2.45) is 17.8 Å². The molecule has 1 aliphatic carbocycles. The Morgan fingerprint density at radius 1 is 1.55 bits per heavy atom. The van der Waals surface area contributed by atoms with Gasteiger partial charge in [0.05, 0.1) is 0 Å². The summed E-state index contributed by atoms with van der Waals surface area (Å²) in [5.74, 6) is 1.51. The van der Waals surface area contributed by atoms with E-state index >= 15 is 0 Å². The van der Waals surface area contributed by atoms with Crippen LogP contribution in [0.25, 0.3) is 0 Å². The van der Waals surface area contributed by atoms with Gasteiger partial charge in [-0.2, -0.15) is 0 Å². The first-order valence-electron chi connectivity index (χ1n) is 7.39. The molecule has 2 rings (SSSR count). The van der Waals surface area contributed by atoms with E-state index < -0.39 is 0 Å². The fraction of sp³-hybridized carbons (Fsp3) is 0.733. The van der Waals surface area contributed by atoms with Crippen LogP contribution in [0.3, 0.4) is 0 Å². The van der Waals surface area contributed by atoms with Gasteiger partial charge >= 0.3 is 11.1 Å². The first-order valence-corrected chi connectivity index (χ1v) is 8.27. The number of hydrogen-bond acceptors (Lipinski definition) is 4. The maximum Gasteiger partial charge on any atom is 0.348 e. The van der Waals surface area contributed by atoms with Crippen molar-refractivity contribution in [3.63, 3.8) is 0 Å². The second kappa shape index (κ2) is 6.57. The molecule has 0 amide bonds. The SMILES string of the molecule is CC(C)[C@@H]1CC[C@@H](C)C[C@H]1OC(=O)C[n+]1ccsc1N. The minimum absolute atomic E-state index is 0.0618. The molecule has 2 N–H and O–H groups in total. The molecule has 0 unspecified atom stereocenters. The predicted octanol–water partition coefficient (Wildman–Crippen LogP) is 2.62. The largest absolute Gasteiger partial charge is 0.459 e. The number of esters is 1. The molecule has 5 heteroatoms. The summed E-state index contributed by atoms with van der Waals surface area (Å²) in [6, 6.07) is 0. The number of rotatable bonds is 4. The van der Waals surface area contributed by atoms with Gasteiger partial charge < -0.3 is 4.74 Å². The van der Waals surface area contributed by atoms with E-state index in [-0.39, 0.29) is 18.6 Å². The van der Waals surface area contributed by atoms with Gasteiger partial charge in [-0.15, -0.1) is 0 Å². The summed E-state index contributed by atoms with van der Waals surface area (Å²) in [6.45, 7) is 6.88. The highest BCUT2D eigenvalue weighted by molar-refractivity contribution is 7.12. The molecule has 1 fully saturated rings. The number of ether oxygens (including phenoxy) is 1. The quantitative estimate of drug-likeness (QED) is 0.686. The first kappa shape index (κ1) is 15.3. The van der Waals surface area contributed by atoms with Crippen LogP contribution in [-0.2, 0) is 16.1 Å². The average molecular weight is 297 g/mol. The van der Waals surface area contributed by atoms with Crippen LogP contribution < -0.4 is 10.3 Å². The van der Waals surface area contributed by atoms with Crippen LogP contribution in [0.4, 0.5) is 5.13 Å². The fourth-order valence-corrected chi connectivity index (χ4v) is 3.65. The van der Waals surface area contributed by atoms with Crippen LogP contribution in [0, 0.1) is 17.8 Å². The third kappa shape index (κ3) is 3.72. The maximum absolute atomic E-state index is 12.1. The Labute approximate surface area is 124 Å². The van der Waals surface area contributed by atoms with Gasteiger partial charge in [-0.05, 0) is 30.6 Å². The van der Waals surface area contributed by atoms with Crippen molar-refractivity contribution >= 4 is 22.4 Å². The fourth-order valence-electron chi connectivity index (χ4n) is 3.04. The van der Waals surface area contributed by atoms with Crippen LogP contribution in [-0.4, -0.2) is 12.1 Å². The molecule has 4 nitrogen and oxygen atoms in total. The van der Waals surface area contributed by atoms with Crippen molar-refractivity contribution in [1.29, 1.82) is 0 Å². The van der Waals surface area contributed by atoms with E-state index in [1.54, 1.807) is 4.57 Å². The molecule has 1 aromatic rings. The molecule has 0 radical (unpaired) electrons.